The molecule has 0 radical (unpaired) electrons. The molecule has 0 aliphatic heterocycles. The van der Waals surface area contributed by atoms with Crippen LogP contribution in [0.4, 0.5) is 0 Å². The lowest BCUT2D eigenvalue weighted by molar-refractivity contribution is 0.0941. The Morgan fingerprint density at radius 2 is 2.15 bits per heavy atom. The summed E-state index contributed by atoms with van der Waals surface area (Å²) in [6.45, 7) is 3.96. The number of nitrogens with one attached hydrogen (secondary N) is 2. The molecule has 2 heterocycles. The maximum Gasteiger partial charge on any atom is 0.262 e. The number of ether oxygens (including phenoxy) is 1. The van der Waals surface area contributed by atoms with Crippen LogP contribution in [0, 0.1) is 4.77 Å². The number of carbonyl (C=O) groups excluding carboxylic acids is 1. The van der Waals surface area contributed by atoms with Crippen LogP contribution in [0.25, 0.3) is 10.9 Å². The van der Waals surface area contributed by atoms with E-state index in [1.54, 1.807) is 37.6 Å². The van der Waals surface area contributed by atoms with Gasteiger partial charge in [-0.25, -0.2) is 4.98 Å². The average Bonchev–Trinajstić information content (AvgIpc) is 3.25. The Bertz CT molecular complexity index is 1470. The first-order valence-corrected chi connectivity index (χ1v) is 10.6. The molecule has 0 fully saturated rings. The number of aromatic amines is 1. The number of hydrogen-bond donors (Lipinski definition) is 2. The Kier molecular flexibility index (Phi) is 6.23. The number of fused-ring (bicyclic) bond motifs is 1. The number of methoxy groups -OCH3 is 1. The molecule has 0 aliphatic rings. The Hall–Kier alpha value is -3.98. The van der Waals surface area contributed by atoms with E-state index in [1.165, 1.54) is 4.57 Å². The summed E-state index contributed by atoms with van der Waals surface area (Å²) in [6.07, 6.45) is 5.10. The van der Waals surface area contributed by atoms with E-state index in [4.69, 9.17) is 17.0 Å². The second-order valence-electron chi connectivity index (χ2n) is 7.47. The summed E-state index contributed by atoms with van der Waals surface area (Å²) < 4.78 is 8.89. The predicted molar refractivity (Wildman–Crippen MR) is 129 cm³/mol. The van der Waals surface area contributed by atoms with Crippen molar-refractivity contribution in [2.24, 2.45) is 7.05 Å². The Balaban J connectivity index is 1.73. The summed E-state index contributed by atoms with van der Waals surface area (Å²) in [5.41, 5.74) is 1.47. The number of benzene rings is 2. The molecule has 33 heavy (non-hydrogen) atoms. The van der Waals surface area contributed by atoms with Crippen LogP contribution in [-0.2, 0) is 13.6 Å². The van der Waals surface area contributed by atoms with Gasteiger partial charge in [-0.1, -0.05) is 18.2 Å². The van der Waals surface area contributed by atoms with Crippen LogP contribution < -0.4 is 15.6 Å². The predicted octanol–water partition coefficient (Wildman–Crippen LogP) is 3.51. The quantitative estimate of drug-likeness (QED) is 0.325. The minimum Gasteiger partial charge on any atom is -0.497 e. The van der Waals surface area contributed by atoms with Gasteiger partial charge in [0.25, 0.3) is 11.5 Å². The first kappa shape index (κ1) is 22.2. The van der Waals surface area contributed by atoms with Gasteiger partial charge in [0.2, 0.25) is 0 Å². The van der Waals surface area contributed by atoms with E-state index in [2.05, 4.69) is 21.9 Å². The van der Waals surface area contributed by atoms with Crippen LogP contribution in [0.15, 0.2) is 72.3 Å². The molecule has 4 rings (SSSR count). The monoisotopic (exact) mass is 461 g/mol. The van der Waals surface area contributed by atoms with Crippen molar-refractivity contribution in [2.75, 3.05) is 7.11 Å². The third kappa shape index (κ3) is 4.35. The zero-order chi connectivity index (χ0) is 23.5. The second kappa shape index (κ2) is 9.25. The molecule has 8 nitrogen and oxygen atoms in total. The fourth-order valence-electron chi connectivity index (χ4n) is 3.68. The van der Waals surface area contributed by atoms with Crippen molar-refractivity contribution in [3.05, 3.63) is 99.6 Å². The van der Waals surface area contributed by atoms with Crippen LogP contribution >= 0.6 is 12.2 Å². The molecule has 0 bridgehead atoms. The summed E-state index contributed by atoms with van der Waals surface area (Å²) in [5, 5.41) is 3.50. The third-order valence-corrected chi connectivity index (χ3v) is 5.70. The molecule has 9 heteroatoms. The van der Waals surface area contributed by atoms with Crippen molar-refractivity contribution < 1.29 is 9.53 Å². The number of nitrogens with zero attached hydrogens (tertiary/aromatic N) is 3. The lowest BCUT2D eigenvalue weighted by Crippen LogP contribution is -2.31. The van der Waals surface area contributed by atoms with Gasteiger partial charge in [-0.2, -0.15) is 0 Å². The third-order valence-electron chi connectivity index (χ3n) is 5.37. The number of hydrogen-bond acceptors (Lipinski definition) is 5. The molecule has 1 atom stereocenters. The van der Waals surface area contributed by atoms with E-state index in [9.17, 15) is 9.59 Å². The van der Waals surface area contributed by atoms with E-state index < -0.39 is 6.04 Å². The van der Waals surface area contributed by atoms with Gasteiger partial charge in [-0.05, 0) is 48.1 Å². The van der Waals surface area contributed by atoms with Crippen LogP contribution in [0.1, 0.15) is 27.8 Å². The molecule has 168 valence electrons. The lowest BCUT2D eigenvalue weighted by atomic mass is 10.0. The highest BCUT2D eigenvalue weighted by Gasteiger charge is 2.22. The Labute approximate surface area is 195 Å². The molecule has 2 aromatic heterocycles. The number of allylic oxidation sites excluding steroid dienone is 1. The van der Waals surface area contributed by atoms with E-state index in [0.29, 0.717) is 34.6 Å². The van der Waals surface area contributed by atoms with Crippen molar-refractivity contribution in [3.63, 3.8) is 0 Å². The molecule has 0 spiro atoms. The standard InChI is InChI=1S/C24H23N5O3S/c1-4-11-29-23(31)18-9-8-16(14-19(18)26-24(29)33)22(30)27-20(21-25-10-12-28(21)2)15-6-5-7-17(13-15)32-3/h4-10,12-14,20H,1,11H2,2-3H3,(H,26,33)(H,27,30). The topological polar surface area (TPSA) is 93.9 Å². The van der Waals surface area contributed by atoms with Gasteiger partial charge < -0.3 is 19.6 Å². The van der Waals surface area contributed by atoms with E-state index in [-0.39, 0.29) is 16.2 Å². The minimum absolute atomic E-state index is 0.233. The molecular weight excluding hydrogens is 438 g/mol. The second-order valence-corrected chi connectivity index (χ2v) is 7.86. The number of aryl methyl sites for hydroxylation is 1. The van der Waals surface area contributed by atoms with Gasteiger partial charge in [0.05, 0.1) is 18.0 Å². The van der Waals surface area contributed by atoms with E-state index in [0.717, 1.165) is 5.56 Å². The van der Waals surface area contributed by atoms with Gasteiger partial charge in [-0.3, -0.25) is 14.2 Å². The molecule has 4 aromatic rings. The highest BCUT2D eigenvalue weighted by atomic mass is 32.1. The number of carbonyl (C=O) groups is 1. The molecule has 2 aromatic carbocycles. The molecule has 0 saturated heterocycles. The van der Waals surface area contributed by atoms with E-state index in [1.807, 2.05) is 42.1 Å². The Morgan fingerprint density at radius 1 is 1.33 bits per heavy atom. The van der Waals surface area contributed by atoms with Crippen LogP contribution in [0.5, 0.6) is 5.75 Å². The largest absolute Gasteiger partial charge is 0.497 e. The number of imidazole rings is 1. The highest BCUT2D eigenvalue weighted by molar-refractivity contribution is 7.71. The van der Waals surface area contributed by atoms with Crippen LogP contribution in [-0.4, -0.2) is 32.1 Å². The summed E-state index contributed by atoms with van der Waals surface area (Å²) in [4.78, 5) is 33.5. The zero-order valence-corrected chi connectivity index (χ0v) is 19.1. The van der Waals surface area contributed by atoms with Crippen molar-refractivity contribution in [1.29, 1.82) is 0 Å². The number of amides is 1. The van der Waals surface area contributed by atoms with Crippen molar-refractivity contribution in [2.45, 2.75) is 12.6 Å². The van der Waals surface area contributed by atoms with Crippen LogP contribution in [0.2, 0.25) is 0 Å². The van der Waals surface area contributed by atoms with Crippen LogP contribution in [0.3, 0.4) is 0 Å². The Morgan fingerprint density at radius 3 is 2.85 bits per heavy atom. The van der Waals surface area contributed by atoms with Crippen molar-refractivity contribution in [1.82, 2.24) is 24.4 Å². The fraction of sp³-hybridized carbons (Fsp3) is 0.167. The first-order chi connectivity index (χ1) is 15.9. The van der Waals surface area contributed by atoms with Gasteiger partial charge in [0.1, 0.15) is 17.6 Å². The summed E-state index contributed by atoms with van der Waals surface area (Å²) >= 11 is 5.30. The molecule has 1 unspecified atom stereocenters. The normalized spacial score (nSPS) is 11.8. The molecular formula is C24H23N5O3S. The molecule has 0 aliphatic carbocycles. The summed E-state index contributed by atoms with van der Waals surface area (Å²) in [5.74, 6) is 1.03. The zero-order valence-electron chi connectivity index (χ0n) is 18.2. The fourth-order valence-corrected chi connectivity index (χ4v) is 3.95. The van der Waals surface area contributed by atoms with Gasteiger partial charge >= 0.3 is 0 Å². The lowest BCUT2D eigenvalue weighted by Gasteiger charge is -2.20. The first-order valence-electron chi connectivity index (χ1n) is 10.2. The van der Waals surface area contributed by atoms with Crippen molar-refractivity contribution >= 4 is 29.0 Å². The molecule has 2 N–H and O–H groups in total. The average molecular weight is 462 g/mol. The smallest absolute Gasteiger partial charge is 0.262 e. The number of rotatable bonds is 7. The van der Waals surface area contributed by atoms with Gasteiger partial charge in [-0.15, -0.1) is 6.58 Å². The van der Waals surface area contributed by atoms with Gasteiger partial charge in [0.15, 0.2) is 4.77 Å². The maximum atomic E-state index is 13.3. The number of aromatic nitrogens is 4. The molecule has 0 saturated carbocycles. The minimum atomic E-state index is -0.512. The number of H-pyrrole nitrogens is 1. The van der Waals surface area contributed by atoms with Gasteiger partial charge in [0, 0.05) is 31.5 Å². The summed E-state index contributed by atoms with van der Waals surface area (Å²) in [6, 6.07) is 11.8. The molecule has 1 amide bonds. The SMILES string of the molecule is C=CCn1c(=S)[nH]c2cc(C(=O)NC(c3cccc(OC)c3)c3nccn3C)ccc2c1=O. The maximum absolute atomic E-state index is 13.3. The highest BCUT2D eigenvalue weighted by Crippen LogP contribution is 2.25. The van der Waals surface area contributed by atoms with Crippen molar-refractivity contribution in [3.8, 4) is 5.75 Å². The summed E-state index contributed by atoms with van der Waals surface area (Å²) in [7, 11) is 3.46. The van der Waals surface area contributed by atoms with E-state index >= 15 is 0 Å².